The highest BCUT2D eigenvalue weighted by Gasteiger charge is 2.21. The van der Waals surface area contributed by atoms with E-state index in [0.717, 1.165) is 0 Å². The summed E-state index contributed by atoms with van der Waals surface area (Å²) in [5.74, 6) is -1.62. The monoisotopic (exact) mass is 458 g/mol. The molecule has 1 unspecified atom stereocenters. The van der Waals surface area contributed by atoms with Gasteiger partial charge in [0.15, 0.2) is 21.4 Å². The molecule has 1 saturated heterocycles. The van der Waals surface area contributed by atoms with Crippen LogP contribution in [-0.4, -0.2) is 62.6 Å². The lowest BCUT2D eigenvalue weighted by Gasteiger charge is -2.25. The molecule has 0 saturated carbocycles. The molecule has 0 spiro atoms. The van der Waals surface area contributed by atoms with Gasteiger partial charge in [-0.1, -0.05) is 25.1 Å². The molecular weight excluding hydrogens is 430 g/mol. The van der Waals surface area contributed by atoms with E-state index < -0.39 is 33.8 Å². The Kier molecular flexibility index (Phi) is 8.97. The number of allylic oxidation sites excluding steroid dienone is 1. The SMILES string of the molecule is CC(F)COc1cc([C@@H](C)CS(=O)(=O)CC/C=C/CN2CCC(=O)NC2=O)ccc1F. The lowest BCUT2D eigenvalue weighted by Crippen LogP contribution is -2.49. The third-order valence-corrected chi connectivity index (χ3v) is 6.59. The molecule has 1 aliphatic rings. The summed E-state index contributed by atoms with van der Waals surface area (Å²) in [6, 6.07) is 3.64. The summed E-state index contributed by atoms with van der Waals surface area (Å²) >= 11 is 0. The Morgan fingerprint density at radius 1 is 1.26 bits per heavy atom. The van der Waals surface area contributed by atoms with Gasteiger partial charge in [-0.3, -0.25) is 10.1 Å². The van der Waals surface area contributed by atoms with Crippen LogP contribution >= 0.6 is 0 Å². The van der Waals surface area contributed by atoms with Crippen LogP contribution in [0.2, 0.25) is 0 Å². The number of ether oxygens (including phenoxy) is 1. The molecule has 3 amide bonds. The number of urea groups is 1. The van der Waals surface area contributed by atoms with Gasteiger partial charge >= 0.3 is 6.03 Å². The van der Waals surface area contributed by atoms with Gasteiger partial charge in [-0.2, -0.15) is 0 Å². The summed E-state index contributed by atoms with van der Waals surface area (Å²) in [5.41, 5.74) is 0.590. The molecule has 1 N–H and O–H groups in total. The molecule has 1 heterocycles. The van der Waals surface area contributed by atoms with Crippen LogP contribution in [0.25, 0.3) is 0 Å². The van der Waals surface area contributed by atoms with Gasteiger partial charge in [0.25, 0.3) is 0 Å². The predicted molar refractivity (Wildman–Crippen MR) is 113 cm³/mol. The maximum absolute atomic E-state index is 13.8. The molecule has 1 aromatic rings. The highest BCUT2D eigenvalue weighted by atomic mass is 32.2. The van der Waals surface area contributed by atoms with Gasteiger partial charge < -0.3 is 9.64 Å². The van der Waals surface area contributed by atoms with Crippen LogP contribution < -0.4 is 10.1 Å². The van der Waals surface area contributed by atoms with Crippen LogP contribution in [0.4, 0.5) is 13.6 Å². The third-order valence-electron chi connectivity index (χ3n) is 4.73. The van der Waals surface area contributed by atoms with Crippen molar-refractivity contribution in [3.8, 4) is 5.75 Å². The number of hydrogen-bond donors (Lipinski definition) is 1. The summed E-state index contributed by atoms with van der Waals surface area (Å²) < 4.78 is 56.7. The van der Waals surface area contributed by atoms with Crippen molar-refractivity contribution in [3.63, 3.8) is 0 Å². The molecule has 31 heavy (non-hydrogen) atoms. The second kappa shape index (κ2) is 11.2. The summed E-state index contributed by atoms with van der Waals surface area (Å²) in [6.45, 7) is 3.37. The number of alkyl halides is 1. The number of benzene rings is 1. The average molecular weight is 459 g/mol. The van der Waals surface area contributed by atoms with E-state index in [0.29, 0.717) is 18.7 Å². The van der Waals surface area contributed by atoms with E-state index >= 15 is 0 Å². The minimum Gasteiger partial charge on any atom is -0.487 e. The number of nitrogens with one attached hydrogen (secondary N) is 1. The van der Waals surface area contributed by atoms with Gasteiger partial charge in [-0.05, 0) is 37.0 Å². The molecule has 2 atom stereocenters. The molecule has 2 rings (SSSR count). The van der Waals surface area contributed by atoms with E-state index in [2.05, 4.69) is 5.32 Å². The lowest BCUT2D eigenvalue weighted by molar-refractivity contribution is -0.121. The highest BCUT2D eigenvalue weighted by molar-refractivity contribution is 7.91. The Hall–Kier alpha value is -2.49. The van der Waals surface area contributed by atoms with E-state index in [1.165, 1.54) is 30.0 Å². The van der Waals surface area contributed by atoms with Crippen molar-refractivity contribution in [2.24, 2.45) is 0 Å². The van der Waals surface area contributed by atoms with Crippen molar-refractivity contribution in [2.45, 2.75) is 38.8 Å². The smallest absolute Gasteiger partial charge is 0.324 e. The molecule has 7 nitrogen and oxygen atoms in total. The number of nitrogens with zero attached hydrogens (tertiary/aromatic N) is 1. The first-order valence-electron chi connectivity index (χ1n) is 10.1. The number of carbonyl (C=O) groups is 2. The number of carbonyl (C=O) groups excluding carboxylic acids is 2. The topological polar surface area (TPSA) is 92.8 Å². The molecule has 1 aromatic carbocycles. The van der Waals surface area contributed by atoms with Crippen molar-refractivity contribution < 1.29 is 31.5 Å². The van der Waals surface area contributed by atoms with E-state index in [9.17, 15) is 26.8 Å². The predicted octanol–water partition coefficient (Wildman–Crippen LogP) is 2.97. The quantitative estimate of drug-likeness (QED) is 0.515. The van der Waals surface area contributed by atoms with Crippen molar-refractivity contribution in [1.82, 2.24) is 10.2 Å². The zero-order chi connectivity index (χ0) is 23.0. The largest absolute Gasteiger partial charge is 0.487 e. The minimum atomic E-state index is -3.38. The van der Waals surface area contributed by atoms with Gasteiger partial charge in [0.05, 0.1) is 11.5 Å². The molecular formula is C21H28F2N2O5S. The Labute approximate surface area is 181 Å². The molecule has 0 radical (unpaired) electrons. The maximum Gasteiger partial charge on any atom is 0.324 e. The number of hydrogen-bond acceptors (Lipinski definition) is 5. The van der Waals surface area contributed by atoms with Crippen LogP contribution in [0.5, 0.6) is 5.75 Å². The number of halogens is 2. The third kappa shape index (κ3) is 8.28. The van der Waals surface area contributed by atoms with Gasteiger partial charge in [0.1, 0.15) is 12.8 Å². The molecule has 1 fully saturated rings. The summed E-state index contributed by atoms with van der Waals surface area (Å²) in [7, 11) is -3.38. The van der Waals surface area contributed by atoms with Crippen LogP contribution in [0.1, 0.15) is 38.2 Å². The average Bonchev–Trinajstić information content (AvgIpc) is 2.68. The second-order valence-corrected chi connectivity index (χ2v) is 9.84. The first-order valence-corrected chi connectivity index (χ1v) is 11.9. The second-order valence-electron chi connectivity index (χ2n) is 7.61. The molecule has 172 valence electrons. The highest BCUT2D eigenvalue weighted by Crippen LogP contribution is 2.25. The Balaban J connectivity index is 1.84. The fraction of sp³-hybridized carbons (Fsp3) is 0.524. The van der Waals surface area contributed by atoms with Crippen molar-refractivity contribution >= 4 is 21.8 Å². The maximum atomic E-state index is 13.8. The zero-order valence-corrected chi connectivity index (χ0v) is 18.5. The van der Waals surface area contributed by atoms with Gasteiger partial charge in [-0.15, -0.1) is 0 Å². The summed E-state index contributed by atoms with van der Waals surface area (Å²) in [6.07, 6.45) is 2.67. The standard InChI is InChI=1S/C21H28F2N2O5S/c1-15(17-6-7-18(23)19(12-17)30-13-16(2)22)14-31(28,29)11-5-3-4-9-25-10-8-20(26)24-21(25)27/h3-4,6-7,12,15-16H,5,8-11,13-14H2,1-2H3,(H,24,26,27)/b4-3+/t15-,16?/m0/s1. The van der Waals surface area contributed by atoms with E-state index in [-0.39, 0.29) is 42.6 Å². The number of sulfone groups is 1. The van der Waals surface area contributed by atoms with Crippen LogP contribution in [0, 0.1) is 5.82 Å². The molecule has 10 heteroatoms. The summed E-state index contributed by atoms with van der Waals surface area (Å²) in [4.78, 5) is 24.2. The fourth-order valence-corrected chi connectivity index (χ4v) is 4.66. The first kappa shape index (κ1) is 24.8. The van der Waals surface area contributed by atoms with E-state index in [1.807, 2.05) is 0 Å². The lowest BCUT2D eigenvalue weighted by atomic mass is 10.0. The Bertz CT molecular complexity index is 918. The van der Waals surface area contributed by atoms with Gasteiger partial charge in [0, 0.05) is 19.5 Å². The van der Waals surface area contributed by atoms with Crippen molar-refractivity contribution in [3.05, 3.63) is 41.7 Å². The summed E-state index contributed by atoms with van der Waals surface area (Å²) in [5, 5.41) is 2.22. The van der Waals surface area contributed by atoms with Crippen molar-refractivity contribution in [2.75, 3.05) is 31.2 Å². The first-order chi connectivity index (χ1) is 14.6. The minimum absolute atomic E-state index is 0.0670. The molecule has 0 aliphatic carbocycles. The van der Waals surface area contributed by atoms with E-state index in [1.54, 1.807) is 19.1 Å². The number of imide groups is 1. The number of amides is 3. The molecule has 1 aliphatic heterocycles. The van der Waals surface area contributed by atoms with E-state index in [4.69, 9.17) is 4.74 Å². The van der Waals surface area contributed by atoms with Crippen LogP contribution in [-0.2, 0) is 14.6 Å². The van der Waals surface area contributed by atoms with Crippen LogP contribution in [0.15, 0.2) is 30.4 Å². The Morgan fingerprint density at radius 2 is 2.00 bits per heavy atom. The number of rotatable bonds is 11. The Morgan fingerprint density at radius 3 is 2.68 bits per heavy atom. The van der Waals surface area contributed by atoms with Gasteiger partial charge in [-0.25, -0.2) is 22.0 Å². The van der Waals surface area contributed by atoms with Crippen molar-refractivity contribution in [1.29, 1.82) is 0 Å². The normalized spacial score (nSPS) is 17.0. The molecule has 0 bridgehead atoms. The zero-order valence-electron chi connectivity index (χ0n) is 17.6. The van der Waals surface area contributed by atoms with Crippen LogP contribution in [0.3, 0.4) is 0 Å². The molecule has 0 aromatic heterocycles. The fourth-order valence-electron chi connectivity index (χ4n) is 3.04. The van der Waals surface area contributed by atoms with Gasteiger partial charge in [0.2, 0.25) is 5.91 Å².